The lowest BCUT2D eigenvalue weighted by Gasteiger charge is -2.18. The SMILES string of the molecule is CCOC(=O)c1ccc(CC(NC(=O)/C(C)=C/c2ccc(C(=O)Oc3ccc(C(=N)N)cc3)cc2)C(=O)OCC)cc1. The van der Waals surface area contributed by atoms with E-state index in [1.165, 1.54) is 0 Å². The van der Waals surface area contributed by atoms with Crippen LogP contribution in [0.15, 0.2) is 78.4 Å². The molecule has 1 atom stereocenters. The maximum atomic E-state index is 13.0. The minimum atomic E-state index is -0.948. The summed E-state index contributed by atoms with van der Waals surface area (Å²) in [5, 5.41) is 10.2. The average Bonchev–Trinajstić information content (AvgIpc) is 2.98. The lowest BCUT2D eigenvalue weighted by Crippen LogP contribution is -2.43. The molecule has 10 nitrogen and oxygen atoms in total. The predicted octanol–water partition coefficient (Wildman–Crippen LogP) is 4.06. The molecule has 218 valence electrons. The highest BCUT2D eigenvalue weighted by Crippen LogP contribution is 2.16. The molecular weight excluding hydrogens is 538 g/mol. The summed E-state index contributed by atoms with van der Waals surface area (Å²) in [6.07, 6.45) is 1.79. The molecule has 3 rings (SSSR count). The van der Waals surface area contributed by atoms with Gasteiger partial charge in [-0.1, -0.05) is 24.3 Å². The fraction of sp³-hybridized carbons (Fsp3) is 0.219. The fourth-order valence-corrected chi connectivity index (χ4v) is 3.83. The third-order valence-electron chi connectivity index (χ3n) is 6.04. The third kappa shape index (κ3) is 8.88. The van der Waals surface area contributed by atoms with Crippen molar-refractivity contribution in [2.24, 2.45) is 5.73 Å². The van der Waals surface area contributed by atoms with E-state index in [1.54, 1.807) is 99.6 Å². The van der Waals surface area contributed by atoms with Crippen molar-refractivity contribution < 1.29 is 33.4 Å². The van der Waals surface area contributed by atoms with Gasteiger partial charge in [0.05, 0.1) is 24.3 Å². The van der Waals surface area contributed by atoms with Gasteiger partial charge in [0.1, 0.15) is 17.6 Å². The van der Waals surface area contributed by atoms with E-state index in [0.29, 0.717) is 33.6 Å². The van der Waals surface area contributed by atoms with Crippen molar-refractivity contribution in [2.45, 2.75) is 33.2 Å². The highest BCUT2D eigenvalue weighted by Gasteiger charge is 2.23. The largest absolute Gasteiger partial charge is 0.464 e. The Bertz CT molecular complexity index is 1460. The van der Waals surface area contributed by atoms with E-state index in [2.05, 4.69) is 5.32 Å². The monoisotopic (exact) mass is 571 g/mol. The molecule has 0 aliphatic heterocycles. The van der Waals surface area contributed by atoms with E-state index in [1.807, 2.05) is 0 Å². The minimum absolute atomic E-state index is 0.0842. The summed E-state index contributed by atoms with van der Waals surface area (Å²) in [4.78, 5) is 50.0. The Balaban J connectivity index is 1.65. The van der Waals surface area contributed by atoms with E-state index in [4.69, 9.17) is 25.4 Å². The molecule has 0 saturated heterocycles. The van der Waals surface area contributed by atoms with Gasteiger partial charge >= 0.3 is 17.9 Å². The second kappa shape index (κ2) is 14.9. The Morgan fingerprint density at radius 1 is 0.810 bits per heavy atom. The zero-order chi connectivity index (χ0) is 30.6. The zero-order valence-electron chi connectivity index (χ0n) is 23.6. The van der Waals surface area contributed by atoms with Crippen molar-refractivity contribution in [3.63, 3.8) is 0 Å². The van der Waals surface area contributed by atoms with Gasteiger partial charge in [0, 0.05) is 17.6 Å². The number of amidine groups is 1. The number of nitrogens with one attached hydrogen (secondary N) is 2. The van der Waals surface area contributed by atoms with Gasteiger partial charge in [0.2, 0.25) is 5.91 Å². The fourth-order valence-electron chi connectivity index (χ4n) is 3.83. The van der Waals surface area contributed by atoms with E-state index in [-0.39, 0.29) is 25.5 Å². The molecule has 0 aliphatic carbocycles. The molecule has 4 N–H and O–H groups in total. The number of esters is 3. The normalized spacial score (nSPS) is 11.6. The standard InChI is InChI=1S/C32H33N3O7/c1-4-40-30(37)24-10-8-22(9-11-24)19-27(32(39)41-5-2)35-29(36)20(3)18-21-6-12-25(13-7-21)31(38)42-26-16-14-23(15-17-26)28(33)34/h6-18,27H,4-5,19H2,1-3H3,(H3,33,34)(H,35,36)/b20-18+. The zero-order valence-corrected chi connectivity index (χ0v) is 23.6. The molecule has 0 radical (unpaired) electrons. The number of hydrogen-bond donors (Lipinski definition) is 3. The first-order chi connectivity index (χ1) is 20.1. The van der Waals surface area contributed by atoms with Crippen LogP contribution < -0.4 is 15.8 Å². The van der Waals surface area contributed by atoms with Gasteiger partial charge in [-0.05, 0) is 86.5 Å². The maximum Gasteiger partial charge on any atom is 0.343 e. The van der Waals surface area contributed by atoms with Crippen LogP contribution in [-0.4, -0.2) is 48.9 Å². The first-order valence-electron chi connectivity index (χ1n) is 13.3. The summed E-state index contributed by atoms with van der Waals surface area (Å²) in [5.41, 5.74) is 8.37. The molecule has 1 unspecified atom stereocenters. The molecule has 3 aromatic rings. The summed E-state index contributed by atoms with van der Waals surface area (Å²) in [5.74, 6) is -1.82. The van der Waals surface area contributed by atoms with Crippen LogP contribution in [0.5, 0.6) is 5.75 Å². The molecule has 0 bridgehead atoms. The molecule has 0 aromatic heterocycles. The van der Waals surface area contributed by atoms with E-state index >= 15 is 0 Å². The third-order valence-corrected chi connectivity index (χ3v) is 6.04. The molecule has 3 aromatic carbocycles. The van der Waals surface area contributed by atoms with Crippen LogP contribution in [-0.2, 0) is 25.5 Å². The quantitative estimate of drug-likeness (QED) is 0.0965. The number of nitrogen functional groups attached to an aromatic ring is 1. The van der Waals surface area contributed by atoms with E-state index in [0.717, 1.165) is 5.56 Å². The average molecular weight is 572 g/mol. The Kier molecular flexibility index (Phi) is 11.1. The molecule has 42 heavy (non-hydrogen) atoms. The lowest BCUT2D eigenvalue weighted by molar-refractivity contribution is -0.147. The van der Waals surface area contributed by atoms with Gasteiger partial charge in [-0.2, -0.15) is 0 Å². The van der Waals surface area contributed by atoms with Crippen LogP contribution in [0, 0.1) is 5.41 Å². The maximum absolute atomic E-state index is 13.0. The molecule has 0 saturated carbocycles. The lowest BCUT2D eigenvalue weighted by atomic mass is 10.0. The van der Waals surface area contributed by atoms with Crippen molar-refractivity contribution in [1.29, 1.82) is 5.41 Å². The summed E-state index contributed by atoms with van der Waals surface area (Å²) in [6.45, 7) is 5.43. The molecule has 0 heterocycles. The summed E-state index contributed by atoms with van der Waals surface area (Å²) >= 11 is 0. The van der Waals surface area contributed by atoms with Gasteiger partial charge in [-0.3, -0.25) is 10.2 Å². The van der Waals surface area contributed by atoms with Gasteiger partial charge in [0.25, 0.3) is 0 Å². The first kappa shape index (κ1) is 31.3. The van der Waals surface area contributed by atoms with Crippen molar-refractivity contribution in [1.82, 2.24) is 5.32 Å². The summed E-state index contributed by atoms with van der Waals surface area (Å²) in [7, 11) is 0. The summed E-state index contributed by atoms with van der Waals surface area (Å²) in [6, 6.07) is 18.4. The van der Waals surface area contributed by atoms with Gasteiger partial charge in [-0.25, -0.2) is 14.4 Å². The Morgan fingerprint density at radius 3 is 1.93 bits per heavy atom. The molecule has 0 spiro atoms. The Hall–Kier alpha value is -5.25. The van der Waals surface area contributed by atoms with E-state index in [9.17, 15) is 19.2 Å². The molecular formula is C32H33N3O7. The Morgan fingerprint density at radius 2 is 1.36 bits per heavy atom. The van der Waals surface area contributed by atoms with Crippen LogP contribution in [0.25, 0.3) is 6.08 Å². The van der Waals surface area contributed by atoms with Crippen LogP contribution in [0.3, 0.4) is 0 Å². The van der Waals surface area contributed by atoms with Gasteiger partial charge in [-0.15, -0.1) is 0 Å². The topological polar surface area (TPSA) is 158 Å². The van der Waals surface area contributed by atoms with Crippen LogP contribution >= 0.6 is 0 Å². The molecule has 0 fully saturated rings. The number of ether oxygens (including phenoxy) is 3. The van der Waals surface area contributed by atoms with Gasteiger partial charge in [0.15, 0.2) is 0 Å². The second-order valence-electron chi connectivity index (χ2n) is 9.18. The van der Waals surface area contributed by atoms with E-state index < -0.39 is 29.9 Å². The van der Waals surface area contributed by atoms with Crippen LogP contribution in [0.4, 0.5) is 0 Å². The molecule has 10 heteroatoms. The highest BCUT2D eigenvalue weighted by molar-refractivity contribution is 5.99. The first-order valence-corrected chi connectivity index (χ1v) is 13.3. The number of carbonyl (C=O) groups is 4. The highest BCUT2D eigenvalue weighted by atomic mass is 16.5. The second-order valence-corrected chi connectivity index (χ2v) is 9.18. The number of benzene rings is 3. The number of amides is 1. The number of nitrogens with two attached hydrogens (primary N) is 1. The predicted molar refractivity (Wildman–Crippen MR) is 157 cm³/mol. The van der Waals surface area contributed by atoms with Gasteiger partial charge < -0.3 is 25.3 Å². The van der Waals surface area contributed by atoms with Crippen LogP contribution in [0.1, 0.15) is 58.2 Å². The van der Waals surface area contributed by atoms with Crippen molar-refractivity contribution in [3.05, 3.63) is 106 Å². The van der Waals surface area contributed by atoms with Crippen molar-refractivity contribution in [3.8, 4) is 5.75 Å². The van der Waals surface area contributed by atoms with Crippen molar-refractivity contribution >= 4 is 35.7 Å². The Labute approximate surface area is 244 Å². The van der Waals surface area contributed by atoms with Crippen molar-refractivity contribution in [2.75, 3.05) is 13.2 Å². The number of hydrogen-bond acceptors (Lipinski definition) is 8. The molecule has 1 amide bonds. The minimum Gasteiger partial charge on any atom is -0.464 e. The molecule has 0 aliphatic rings. The number of carbonyl (C=O) groups excluding carboxylic acids is 4. The van der Waals surface area contributed by atoms with Crippen LogP contribution in [0.2, 0.25) is 0 Å². The smallest absolute Gasteiger partial charge is 0.343 e. The summed E-state index contributed by atoms with van der Waals surface area (Å²) < 4.78 is 15.5. The number of rotatable bonds is 12.